The Balaban J connectivity index is 1.95. The van der Waals surface area contributed by atoms with Gasteiger partial charge in [-0.1, -0.05) is 0 Å². The number of ether oxygens (including phenoxy) is 2. The number of methoxy groups -OCH3 is 1. The summed E-state index contributed by atoms with van der Waals surface area (Å²) in [7, 11) is 1.44. The Bertz CT molecular complexity index is 223. The van der Waals surface area contributed by atoms with Gasteiger partial charge in [0.05, 0.1) is 7.11 Å². The molecule has 4 nitrogen and oxygen atoms in total. The number of hydrogen-bond acceptors (Lipinski definition) is 4. The summed E-state index contributed by atoms with van der Waals surface area (Å²) < 4.78 is 10.1. The highest BCUT2D eigenvalue weighted by atomic mass is 16.5. The van der Waals surface area contributed by atoms with E-state index in [-0.39, 0.29) is 17.6 Å². The van der Waals surface area contributed by atoms with Gasteiger partial charge < -0.3 is 9.47 Å². The van der Waals surface area contributed by atoms with Crippen molar-refractivity contribution in [2.24, 2.45) is 0 Å². The molecule has 1 spiro atoms. The zero-order valence-corrected chi connectivity index (χ0v) is 8.54. The van der Waals surface area contributed by atoms with Crippen LogP contribution in [0.15, 0.2) is 0 Å². The van der Waals surface area contributed by atoms with Gasteiger partial charge >= 0.3 is 5.97 Å². The van der Waals surface area contributed by atoms with Gasteiger partial charge in [-0.15, -0.1) is 0 Å². The topological polar surface area (TPSA) is 47.6 Å². The van der Waals surface area contributed by atoms with Crippen LogP contribution in [0.2, 0.25) is 0 Å². The van der Waals surface area contributed by atoms with E-state index in [1.165, 1.54) is 7.11 Å². The number of esters is 1. The van der Waals surface area contributed by atoms with Crippen molar-refractivity contribution in [3.63, 3.8) is 0 Å². The van der Waals surface area contributed by atoms with Gasteiger partial charge in [-0.05, 0) is 25.7 Å². The highest BCUT2D eigenvalue weighted by Gasteiger charge is 2.42. The highest BCUT2D eigenvalue weighted by Crippen LogP contribution is 2.32. The predicted octanol–water partition coefficient (Wildman–Crippen LogP) is 0.461. The lowest BCUT2D eigenvalue weighted by Crippen LogP contribution is -2.49. The van der Waals surface area contributed by atoms with Crippen molar-refractivity contribution in [1.82, 2.24) is 5.32 Å². The van der Waals surface area contributed by atoms with Gasteiger partial charge in [0.2, 0.25) is 0 Å². The maximum atomic E-state index is 11.3. The van der Waals surface area contributed by atoms with Crippen molar-refractivity contribution in [1.29, 1.82) is 0 Å². The van der Waals surface area contributed by atoms with Gasteiger partial charge in [0.15, 0.2) is 0 Å². The van der Waals surface area contributed by atoms with E-state index < -0.39 is 0 Å². The molecular formula is C10H17NO3. The molecule has 0 aromatic rings. The van der Waals surface area contributed by atoms with Crippen molar-refractivity contribution in [3.8, 4) is 0 Å². The monoisotopic (exact) mass is 199 g/mol. The zero-order chi connectivity index (χ0) is 10.0. The molecule has 80 valence electrons. The van der Waals surface area contributed by atoms with Gasteiger partial charge in [0, 0.05) is 18.8 Å². The lowest BCUT2D eigenvalue weighted by Gasteiger charge is -2.34. The molecule has 2 heterocycles. The molecule has 2 rings (SSSR count). The Labute approximate surface area is 84.0 Å². The van der Waals surface area contributed by atoms with E-state index in [1.54, 1.807) is 0 Å². The first-order chi connectivity index (χ1) is 6.76. The van der Waals surface area contributed by atoms with E-state index in [4.69, 9.17) is 9.47 Å². The lowest BCUT2D eigenvalue weighted by atomic mass is 9.89. The second kappa shape index (κ2) is 3.87. The molecule has 4 heteroatoms. The van der Waals surface area contributed by atoms with Crippen LogP contribution in [0.3, 0.4) is 0 Å². The molecule has 2 saturated heterocycles. The summed E-state index contributed by atoms with van der Waals surface area (Å²) in [5, 5.41) is 3.40. The zero-order valence-electron chi connectivity index (χ0n) is 8.54. The van der Waals surface area contributed by atoms with Crippen LogP contribution in [0.5, 0.6) is 0 Å². The Hall–Kier alpha value is -0.610. The standard InChI is InChI=1S/C10H17NO3/c1-13-9(12)8-2-3-10(11-8)4-6-14-7-5-10/h8,11H,2-7H2,1H3. The molecule has 0 aromatic heterocycles. The minimum Gasteiger partial charge on any atom is -0.468 e. The average Bonchev–Trinajstić information content (AvgIpc) is 2.62. The van der Waals surface area contributed by atoms with Crippen molar-refractivity contribution in [3.05, 3.63) is 0 Å². The first-order valence-corrected chi connectivity index (χ1v) is 5.19. The Morgan fingerprint density at radius 1 is 1.43 bits per heavy atom. The molecule has 0 aliphatic carbocycles. The van der Waals surface area contributed by atoms with E-state index in [9.17, 15) is 4.79 Å². The smallest absolute Gasteiger partial charge is 0.322 e. The largest absolute Gasteiger partial charge is 0.468 e. The van der Waals surface area contributed by atoms with Crippen molar-refractivity contribution < 1.29 is 14.3 Å². The maximum absolute atomic E-state index is 11.3. The summed E-state index contributed by atoms with van der Waals surface area (Å²) >= 11 is 0. The third-order valence-corrected chi connectivity index (χ3v) is 3.33. The molecule has 0 amide bonds. The summed E-state index contributed by atoms with van der Waals surface area (Å²) in [6.07, 6.45) is 3.99. The summed E-state index contributed by atoms with van der Waals surface area (Å²) in [6, 6.07) is -0.0990. The number of hydrogen-bond donors (Lipinski definition) is 1. The van der Waals surface area contributed by atoms with Crippen molar-refractivity contribution >= 4 is 5.97 Å². The van der Waals surface area contributed by atoms with Gasteiger partial charge in [-0.3, -0.25) is 10.1 Å². The first-order valence-electron chi connectivity index (χ1n) is 5.19. The third-order valence-electron chi connectivity index (χ3n) is 3.33. The summed E-state index contributed by atoms with van der Waals surface area (Å²) in [5.74, 6) is -0.131. The van der Waals surface area contributed by atoms with Crippen molar-refractivity contribution in [2.75, 3.05) is 20.3 Å². The Morgan fingerprint density at radius 2 is 2.14 bits per heavy atom. The van der Waals surface area contributed by atoms with Crippen LogP contribution in [0, 0.1) is 0 Å². The van der Waals surface area contributed by atoms with Crippen LogP contribution < -0.4 is 5.32 Å². The third kappa shape index (κ3) is 1.77. The second-order valence-corrected chi connectivity index (χ2v) is 4.15. The summed E-state index contributed by atoms with van der Waals surface area (Å²) in [6.45, 7) is 1.61. The Morgan fingerprint density at radius 3 is 2.79 bits per heavy atom. The molecule has 1 atom stereocenters. The fourth-order valence-corrected chi connectivity index (χ4v) is 2.41. The molecule has 0 radical (unpaired) electrons. The molecule has 14 heavy (non-hydrogen) atoms. The number of nitrogens with one attached hydrogen (secondary N) is 1. The summed E-state index contributed by atoms with van der Waals surface area (Å²) in [5.41, 5.74) is 0.150. The number of carbonyl (C=O) groups is 1. The van der Waals surface area contributed by atoms with Crippen LogP contribution >= 0.6 is 0 Å². The predicted molar refractivity (Wildman–Crippen MR) is 51.0 cm³/mol. The Kier molecular flexibility index (Phi) is 2.74. The second-order valence-electron chi connectivity index (χ2n) is 4.15. The fraction of sp³-hybridized carbons (Fsp3) is 0.900. The van der Waals surface area contributed by atoms with Crippen molar-refractivity contribution in [2.45, 2.75) is 37.3 Å². The molecule has 2 aliphatic rings. The van der Waals surface area contributed by atoms with Gasteiger partial charge in [-0.2, -0.15) is 0 Å². The molecule has 0 saturated carbocycles. The molecule has 1 N–H and O–H groups in total. The molecule has 1 unspecified atom stereocenters. The van der Waals surface area contributed by atoms with Crippen LogP contribution in [0.25, 0.3) is 0 Å². The quantitative estimate of drug-likeness (QED) is 0.623. The van der Waals surface area contributed by atoms with E-state index >= 15 is 0 Å². The lowest BCUT2D eigenvalue weighted by molar-refractivity contribution is -0.143. The van der Waals surface area contributed by atoms with Crippen LogP contribution in [-0.4, -0.2) is 37.9 Å². The van der Waals surface area contributed by atoms with Crippen LogP contribution in [0.1, 0.15) is 25.7 Å². The van der Waals surface area contributed by atoms with E-state index in [0.717, 1.165) is 38.9 Å². The SMILES string of the molecule is COC(=O)C1CCC2(CCOCC2)N1. The summed E-state index contributed by atoms with van der Waals surface area (Å²) in [4.78, 5) is 11.3. The maximum Gasteiger partial charge on any atom is 0.322 e. The molecule has 0 bridgehead atoms. The normalized spacial score (nSPS) is 30.5. The highest BCUT2D eigenvalue weighted by molar-refractivity contribution is 5.76. The molecule has 0 aromatic carbocycles. The number of rotatable bonds is 1. The first kappa shape index (κ1) is 9.93. The van der Waals surface area contributed by atoms with Crippen LogP contribution in [-0.2, 0) is 14.3 Å². The number of carbonyl (C=O) groups excluding carboxylic acids is 1. The van der Waals surface area contributed by atoms with Crippen LogP contribution in [0.4, 0.5) is 0 Å². The van der Waals surface area contributed by atoms with Gasteiger partial charge in [0.1, 0.15) is 6.04 Å². The average molecular weight is 199 g/mol. The minimum atomic E-state index is -0.131. The van der Waals surface area contributed by atoms with Gasteiger partial charge in [-0.25, -0.2) is 0 Å². The molecule has 2 aliphatic heterocycles. The van der Waals surface area contributed by atoms with E-state index in [1.807, 2.05) is 0 Å². The van der Waals surface area contributed by atoms with Gasteiger partial charge in [0.25, 0.3) is 0 Å². The fourth-order valence-electron chi connectivity index (χ4n) is 2.41. The molecular weight excluding hydrogens is 182 g/mol. The minimum absolute atomic E-state index is 0.0990. The van der Waals surface area contributed by atoms with E-state index in [2.05, 4.69) is 5.32 Å². The van der Waals surface area contributed by atoms with E-state index in [0.29, 0.717) is 0 Å². The molecule has 2 fully saturated rings.